The number of halogens is 1. The number of rotatable bonds is 4. The van der Waals surface area contributed by atoms with Gasteiger partial charge in [-0.3, -0.25) is 0 Å². The van der Waals surface area contributed by atoms with Gasteiger partial charge in [-0.05, 0) is 51.8 Å². The molecule has 0 aromatic heterocycles. The number of nitrogen functional groups attached to an aromatic ring is 1. The van der Waals surface area contributed by atoms with Gasteiger partial charge in [-0.15, -0.1) is 0 Å². The molecule has 2 N–H and O–H groups in total. The summed E-state index contributed by atoms with van der Waals surface area (Å²) in [6.07, 6.45) is 0. The van der Waals surface area contributed by atoms with Crippen molar-refractivity contribution in [3.05, 3.63) is 52.5 Å². The number of hydrogen-bond donors (Lipinski definition) is 1. The van der Waals surface area contributed by atoms with Gasteiger partial charge in [0.05, 0.1) is 17.8 Å². The van der Waals surface area contributed by atoms with E-state index >= 15 is 0 Å². The number of benzene rings is 2. The van der Waals surface area contributed by atoms with E-state index in [2.05, 4.69) is 15.9 Å². The summed E-state index contributed by atoms with van der Waals surface area (Å²) in [5.74, 6) is 0.513. The van der Waals surface area contributed by atoms with E-state index in [9.17, 15) is 8.42 Å². The lowest BCUT2D eigenvalue weighted by Gasteiger charge is -2.09. The molecule has 0 heterocycles. The van der Waals surface area contributed by atoms with Crippen LogP contribution < -0.4 is 10.5 Å². The average Bonchev–Trinajstić information content (AvgIpc) is 2.44. The maximum absolute atomic E-state index is 12.4. The smallest absolute Gasteiger partial charge is 0.182 e. The van der Waals surface area contributed by atoms with E-state index < -0.39 is 9.84 Å². The van der Waals surface area contributed by atoms with Gasteiger partial charge in [0.2, 0.25) is 0 Å². The van der Waals surface area contributed by atoms with Crippen LogP contribution in [-0.2, 0) is 15.6 Å². The van der Waals surface area contributed by atoms with Crippen LogP contribution in [0.1, 0.15) is 5.56 Å². The number of anilines is 1. The van der Waals surface area contributed by atoms with Gasteiger partial charge in [0.25, 0.3) is 0 Å². The van der Waals surface area contributed by atoms with Gasteiger partial charge in [0, 0.05) is 10.2 Å². The molecule has 0 aliphatic carbocycles. The van der Waals surface area contributed by atoms with Crippen molar-refractivity contribution in [1.82, 2.24) is 0 Å². The van der Waals surface area contributed by atoms with Crippen LogP contribution in [0.2, 0.25) is 0 Å². The van der Waals surface area contributed by atoms with Crippen molar-refractivity contribution in [3.8, 4) is 5.75 Å². The Bertz CT molecular complexity index is 712. The van der Waals surface area contributed by atoms with Crippen molar-refractivity contribution in [3.63, 3.8) is 0 Å². The fourth-order valence-corrected chi connectivity index (χ4v) is 3.74. The first-order chi connectivity index (χ1) is 9.44. The standard InChI is InChI=1S/C14H14BrNO3S/c1-19-11-5-7-12(8-6-11)20(17,18)9-10-3-2-4-13(16)14(10)15/h2-8H,9,16H2,1H3. The van der Waals surface area contributed by atoms with Crippen LogP contribution >= 0.6 is 15.9 Å². The van der Waals surface area contributed by atoms with Crippen molar-refractivity contribution in [2.45, 2.75) is 10.6 Å². The molecule has 2 rings (SSSR count). The molecule has 0 amide bonds. The number of ether oxygens (including phenoxy) is 1. The summed E-state index contributed by atoms with van der Waals surface area (Å²) in [7, 11) is -1.88. The molecule has 0 saturated heterocycles. The lowest BCUT2D eigenvalue weighted by atomic mass is 10.2. The zero-order valence-electron chi connectivity index (χ0n) is 10.8. The quantitative estimate of drug-likeness (QED) is 0.855. The van der Waals surface area contributed by atoms with Gasteiger partial charge in [0.1, 0.15) is 5.75 Å². The Kier molecular flexibility index (Phi) is 4.35. The molecule has 0 unspecified atom stereocenters. The van der Waals surface area contributed by atoms with Gasteiger partial charge < -0.3 is 10.5 Å². The molecular weight excluding hydrogens is 342 g/mol. The fourth-order valence-electron chi connectivity index (χ4n) is 1.78. The van der Waals surface area contributed by atoms with E-state index in [0.29, 0.717) is 21.5 Å². The molecule has 4 nitrogen and oxygen atoms in total. The highest BCUT2D eigenvalue weighted by Gasteiger charge is 2.17. The Morgan fingerprint density at radius 1 is 1.15 bits per heavy atom. The Morgan fingerprint density at radius 2 is 1.80 bits per heavy atom. The first kappa shape index (κ1) is 14.9. The molecule has 0 radical (unpaired) electrons. The van der Waals surface area contributed by atoms with Crippen LogP contribution in [0.4, 0.5) is 5.69 Å². The predicted molar refractivity (Wildman–Crippen MR) is 82.4 cm³/mol. The summed E-state index contributed by atoms with van der Waals surface area (Å²) in [4.78, 5) is 0.257. The van der Waals surface area contributed by atoms with Gasteiger partial charge in [0.15, 0.2) is 9.84 Å². The van der Waals surface area contributed by atoms with Crippen molar-refractivity contribution >= 4 is 31.5 Å². The van der Waals surface area contributed by atoms with Gasteiger partial charge >= 0.3 is 0 Å². The first-order valence-corrected chi connectivity index (χ1v) is 8.28. The summed E-state index contributed by atoms with van der Waals surface area (Å²) in [6.45, 7) is 0. The molecular formula is C14H14BrNO3S. The number of methoxy groups -OCH3 is 1. The van der Waals surface area contributed by atoms with Crippen LogP contribution in [0.15, 0.2) is 51.8 Å². The summed E-state index contributed by atoms with van der Waals surface area (Å²) < 4.78 is 30.4. The number of hydrogen-bond acceptors (Lipinski definition) is 4. The highest BCUT2D eigenvalue weighted by atomic mass is 79.9. The van der Waals surface area contributed by atoms with Crippen LogP contribution in [0.3, 0.4) is 0 Å². The molecule has 2 aromatic rings. The zero-order valence-corrected chi connectivity index (χ0v) is 13.2. The van der Waals surface area contributed by atoms with E-state index in [4.69, 9.17) is 10.5 Å². The second kappa shape index (κ2) is 5.85. The Labute approximate surface area is 126 Å². The molecule has 2 aromatic carbocycles. The number of nitrogens with two attached hydrogens (primary N) is 1. The van der Waals surface area contributed by atoms with E-state index in [-0.39, 0.29) is 10.6 Å². The van der Waals surface area contributed by atoms with Crippen molar-refractivity contribution < 1.29 is 13.2 Å². The van der Waals surface area contributed by atoms with Gasteiger partial charge in [-0.2, -0.15) is 0 Å². The maximum atomic E-state index is 12.4. The normalized spacial score (nSPS) is 11.3. The Morgan fingerprint density at radius 3 is 2.40 bits per heavy atom. The summed E-state index contributed by atoms with van der Waals surface area (Å²) in [5, 5.41) is 0. The van der Waals surface area contributed by atoms with E-state index in [0.717, 1.165) is 0 Å². The van der Waals surface area contributed by atoms with Crippen molar-refractivity contribution in [2.75, 3.05) is 12.8 Å². The summed E-state index contributed by atoms with van der Waals surface area (Å²) >= 11 is 3.32. The SMILES string of the molecule is COc1ccc(S(=O)(=O)Cc2cccc(N)c2Br)cc1. The maximum Gasteiger partial charge on any atom is 0.182 e. The van der Waals surface area contributed by atoms with E-state index in [1.807, 2.05) is 0 Å². The van der Waals surface area contributed by atoms with E-state index in [1.165, 1.54) is 19.2 Å². The third kappa shape index (κ3) is 3.13. The monoisotopic (exact) mass is 355 g/mol. The molecule has 0 fully saturated rings. The Hall–Kier alpha value is -1.53. The molecule has 106 valence electrons. The second-order valence-corrected chi connectivity index (χ2v) is 7.04. The van der Waals surface area contributed by atoms with Crippen LogP contribution in [0.25, 0.3) is 0 Å². The molecule has 0 saturated carbocycles. The second-order valence-electron chi connectivity index (χ2n) is 4.25. The molecule has 0 spiro atoms. The van der Waals surface area contributed by atoms with Crippen LogP contribution in [0, 0.1) is 0 Å². The minimum atomic E-state index is -3.42. The summed E-state index contributed by atoms with van der Waals surface area (Å²) in [6, 6.07) is 11.5. The molecule has 20 heavy (non-hydrogen) atoms. The lowest BCUT2D eigenvalue weighted by Crippen LogP contribution is -2.06. The molecule has 0 aliphatic rings. The lowest BCUT2D eigenvalue weighted by molar-refractivity contribution is 0.414. The summed E-state index contributed by atoms with van der Waals surface area (Å²) in [5.41, 5.74) is 6.92. The van der Waals surface area contributed by atoms with E-state index in [1.54, 1.807) is 30.3 Å². The topological polar surface area (TPSA) is 69.4 Å². The van der Waals surface area contributed by atoms with Crippen LogP contribution in [0.5, 0.6) is 5.75 Å². The predicted octanol–water partition coefficient (Wildman–Crippen LogP) is 3.01. The largest absolute Gasteiger partial charge is 0.497 e. The molecule has 0 bridgehead atoms. The minimum Gasteiger partial charge on any atom is -0.497 e. The molecule has 0 aliphatic heterocycles. The highest BCUT2D eigenvalue weighted by Crippen LogP contribution is 2.27. The van der Waals surface area contributed by atoms with Gasteiger partial charge in [-0.25, -0.2) is 8.42 Å². The molecule has 0 atom stereocenters. The molecule has 6 heteroatoms. The number of sulfone groups is 1. The highest BCUT2D eigenvalue weighted by molar-refractivity contribution is 9.10. The Balaban J connectivity index is 2.33. The average molecular weight is 356 g/mol. The first-order valence-electron chi connectivity index (χ1n) is 5.84. The van der Waals surface area contributed by atoms with Crippen molar-refractivity contribution in [1.29, 1.82) is 0 Å². The van der Waals surface area contributed by atoms with Crippen LogP contribution in [-0.4, -0.2) is 15.5 Å². The van der Waals surface area contributed by atoms with Crippen molar-refractivity contribution in [2.24, 2.45) is 0 Å². The minimum absolute atomic E-state index is 0.106. The van der Waals surface area contributed by atoms with Gasteiger partial charge in [-0.1, -0.05) is 12.1 Å². The fraction of sp³-hybridized carbons (Fsp3) is 0.143. The third-order valence-corrected chi connectivity index (χ3v) is 5.52. The third-order valence-electron chi connectivity index (χ3n) is 2.87. The zero-order chi connectivity index (χ0) is 14.8.